The van der Waals surface area contributed by atoms with Gasteiger partial charge >= 0.3 is 0 Å². The normalized spacial score (nSPS) is 11.8. The lowest BCUT2D eigenvalue weighted by atomic mass is 10.1. The Hall–Kier alpha value is -1.16. The fourth-order valence-corrected chi connectivity index (χ4v) is 4.63. The quantitative estimate of drug-likeness (QED) is 0.396. The number of fused-ring (bicyclic) bond motifs is 5. The first-order valence-corrected chi connectivity index (χ1v) is 7.26. The van der Waals surface area contributed by atoms with Crippen molar-refractivity contribution in [3.8, 4) is 0 Å². The number of aromatic nitrogens is 1. The molecule has 0 aliphatic heterocycles. The van der Waals surface area contributed by atoms with Crippen LogP contribution < -0.4 is 0 Å². The van der Waals surface area contributed by atoms with Gasteiger partial charge in [-0.25, -0.2) is 4.98 Å². The largest absolute Gasteiger partial charge is 0.235 e. The molecule has 0 saturated heterocycles. The SMILES string of the molecule is Clc1nc2ccccc2c2c1sc1sccc12. The highest BCUT2D eigenvalue weighted by Gasteiger charge is 2.13. The number of thiophene rings is 2. The molecule has 0 saturated carbocycles. The molecule has 3 aromatic heterocycles. The monoisotopic (exact) mass is 275 g/mol. The van der Waals surface area contributed by atoms with E-state index >= 15 is 0 Å². The smallest absolute Gasteiger partial charge is 0.147 e. The highest BCUT2D eigenvalue weighted by atomic mass is 35.5. The fourth-order valence-electron chi connectivity index (χ4n) is 2.18. The molecule has 0 bridgehead atoms. The summed E-state index contributed by atoms with van der Waals surface area (Å²) >= 11 is 9.76. The van der Waals surface area contributed by atoms with Crippen molar-refractivity contribution in [2.45, 2.75) is 0 Å². The Balaban J connectivity index is 2.43. The molecule has 0 radical (unpaired) electrons. The van der Waals surface area contributed by atoms with Crippen LogP contribution in [0.5, 0.6) is 0 Å². The molecule has 3 heterocycles. The highest BCUT2D eigenvalue weighted by Crippen LogP contribution is 2.43. The Bertz CT molecular complexity index is 860. The van der Waals surface area contributed by atoms with Gasteiger partial charge in [0.25, 0.3) is 0 Å². The van der Waals surface area contributed by atoms with E-state index in [2.05, 4.69) is 22.5 Å². The van der Waals surface area contributed by atoms with Crippen LogP contribution in [-0.2, 0) is 0 Å². The summed E-state index contributed by atoms with van der Waals surface area (Å²) in [4.78, 5) is 4.46. The second-order valence-corrected chi connectivity index (χ2v) is 6.40. The van der Waals surface area contributed by atoms with Gasteiger partial charge in [-0.05, 0) is 17.5 Å². The van der Waals surface area contributed by atoms with Crippen molar-refractivity contribution in [3.63, 3.8) is 0 Å². The average molecular weight is 276 g/mol. The molecule has 17 heavy (non-hydrogen) atoms. The Morgan fingerprint density at radius 1 is 1.06 bits per heavy atom. The van der Waals surface area contributed by atoms with Crippen molar-refractivity contribution in [3.05, 3.63) is 40.9 Å². The van der Waals surface area contributed by atoms with E-state index in [1.807, 2.05) is 18.2 Å². The molecule has 82 valence electrons. The predicted molar refractivity (Wildman–Crippen MR) is 77.5 cm³/mol. The molecule has 1 aromatic carbocycles. The summed E-state index contributed by atoms with van der Waals surface area (Å²) < 4.78 is 2.42. The van der Waals surface area contributed by atoms with Crippen molar-refractivity contribution in [1.29, 1.82) is 0 Å². The minimum atomic E-state index is 0.618. The summed E-state index contributed by atoms with van der Waals surface area (Å²) in [5.74, 6) is 0. The summed E-state index contributed by atoms with van der Waals surface area (Å²) in [6.07, 6.45) is 0. The third kappa shape index (κ3) is 1.27. The van der Waals surface area contributed by atoms with Gasteiger partial charge in [0.2, 0.25) is 0 Å². The molecule has 0 unspecified atom stereocenters. The van der Waals surface area contributed by atoms with Crippen LogP contribution in [0.25, 0.3) is 30.4 Å². The molecule has 1 nitrogen and oxygen atoms in total. The zero-order valence-electron chi connectivity index (χ0n) is 8.61. The molecule has 4 heteroatoms. The summed E-state index contributed by atoms with van der Waals surface area (Å²) in [5.41, 5.74) is 0.968. The number of rotatable bonds is 0. The number of benzene rings is 1. The first-order valence-electron chi connectivity index (χ1n) is 5.18. The van der Waals surface area contributed by atoms with E-state index in [0.717, 1.165) is 10.2 Å². The average Bonchev–Trinajstić information content (AvgIpc) is 2.89. The van der Waals surface area contributed by atoms with Gasteiger partial charge in [0, 0.05) is 16.2 Å². The summed E-state index contributed by atoms with van der Waals surface area (Å²) in [5, 5.41) is 6.49. The van der Waals surface area contributed by atoms with Crippen molar-refractivity contribution in [2.24, 2.45) is 0 Å². The lowest BCUT2D eigenvalue weighted by molar-refractivity contribution is 1.45. The van der Waals surface area contributed by atoms with Crippen molar-refractivity contribution in [1.82, 2.24) is 4.98 Å². The number of hydrogen-bond donors (Lipinski definition) is 0. The number of halogens is 1. The Morgan fingerprint density at radius 2 is 1.94 bits per heavy atom. The number of para-hydroxylation sites is 1. The first kappa shape index (κ1) is 9.83. The second-order valence-electron chi connectivity index (χ2n) is 3.85. The molecule has 0 N–H and O–H groups in total. The van der Waals surface area contributed by atoms with Crippen LogP contribution in [0, 0.1) is 0 Å². The second kappa shape index (κ2) is 3.42. The van der Waals surface area contributed by atoms with Crippen molar-refractivity contribution in [2.75, 3.05) is 0 Å². The van der Waals surface area contributed by atoms with Gasteiger partial charge in [0.05, 0.1) is 14.2 Å². The van der Waals surface area contributed by atoms with Gasteiger partial charge in [-0.3, -0.25) is 0 Å². The van der Waals surface area contributed by atoms with Gasteiger partial charge in [0.15, 0.2) is 0 Å². The molecule has 4 aromatic rings. The minimum Gasteiger partial charge on any atom is -0.235 e. The molecule has 0 aliphatic carbocycles. The van der Waals surface area contributed by atoms with E-state index in [-0.39, 0.29) is 0 Å². The summed E-state index contributed by atoms with van der Waals surface area (Å²) in [6.45, 7) is 0. The zero-order chi connectivity index (χ0) is 11.4. The maximum Gasteiger partial charge on any atom is 0.147 e. The maximum atomic E-state index is 6.27. The van der Waals surface area contributed by atoms with Crippen LogP contribution in [0.4, 0.5) is 0 Å². The molecular formula is C13H6ClNS2. The van der Waals surface area contributed by atoms with Crippen LogP contribution in [0.1, 0.15) is 0 Å². The molecule has 0 fully saturated rings. The van der Waals surface area contributed by atoms with Crippen molar-refractivity contribution < 1.29 is 0 Å². The van der Waals surface area contributed by atoms with E-state index in [1.165, 1.54) is 20.2 Å². The van der Waals surface area contributed by atoms with Gasteiger partial charge in [-0.2, -0.15) is 0 Å². The number of nitrogens with zero attached hydrogens (tertiary/aromatic N) is 1. The van der Waals surface area contributed by atoms with Gasteiger partial charge < -0.3 is 0 Å². The van der Waals surface area contributed by atoms with E-state index in [1.54, 1.807) is 22.7 Å². The van der Waals surface area contributed by atoms with Crippen LogP contribution >= 0.6 is 34.3 Å². The van der Waals surface area contributed by atoms with Crippen LogP contribution in [0.3, 0.4) is 0 Å². The molecule has 0 spiro atoms. The molecule has 4 rings (SSSR count). The molecule has 0 aliphatic rings. The highest BCUT2D eigenvalue weighted by molar-refractivity contribution is 7.41. The first-order chi connectivity index (χ1) is 8.34. The Morgan fingerprint density at radius 3 is 2.88 bits per heavy atom. The van der Waals surface area contributed by atoms with Gasteiger partial charge in [0.1, 0.15) is 5.15 Å². The molecule has 0 amide bonds. The number of pyridine rings is 1. The van der Waals surface area contributed by atoms with Crippen LogP contribution in [0.15, 0.2) is 35.7 Å². The van der Waals surface area contributed by atoms with Crippen LogP contribution in [-0.4, -0.2) is 4.98 Å². The summed E-state index contributed by atoms with van der Waals surface area (Å²) in [7, 11) is 0. The van der Waals surface area contributed by atoms with E-state index in [0.29, 0.717) is 5.15 Å². The Kier molecular flexibility index (Phi) is 1.98. The topological polar surface area (TPSA) is 12.9 Å². The maximum absolute atomic E-state index is 6.27. The van der Waals surface area contributed by atoms with E-state index in [9.17, 15) is 0 Å². The lowest BCUT2D eigenvalue weighted by Gasteiger charge is -2.00. The van der Waals surface area contributed by atoms with Crippen LogP contribution in [0.2, 0.25) is 5.15 Å². The molecular weight excluding hydrogens is 270 g/mol. The van der Waals surface area contributed by atoms with E-state index < -0.39 is 0 Å². The Labute approximate surface area is 110 Å². The van der Waals surface area contributed by atoms with Gasteiger partial charge in [-0.1, -0.05) is 29.8 Å². The molecule has 0 atom stereocenters. The van der Waals surface area contributed by atoms with Gasteiger partial charge in [-0.15, -0.1) is 22.7 Å². The third-order valence-electron chi connectivity index (χ3n) is 2.90. The number of hydrogen-bond acceptors (Lipinski definition) is 3. The standard InChI is InChI=1S/C13H6ClNS2/c14-12-11-10(8-5-6-16-13(8)17-11)7-3-1-2-4-9(7)15-12/h1-6H. The zero-order valence-corrected chi connectivity index (χ0v) is 11.0. The van der Waals surface area contributed by atoms with E-state index in [4.69, 9.17) is 11.6 Å². The lowest BCUT2D eigenvalue weighted by Crippen LogP contribution is -1.80. The summed E-state index contributed by atoms with van der Waals surface area (Å²) in [6, 6.07) is 10.3. The minimum absolute atomic E-state index is 0.618. The van der Waals surface area contributed by atoms with Crippen molar-refractivity contribution >= 4 is 64.7 Å². The fraction of sp³-hybridized carbons (Fsp3) is 0. The third-order valence-corrected chi connectivity index (χ3v) is 5.54. The predicted octanol–water partition coefficient (Wildman–Crippen LogP) is 5.32.